The van der Waals surface area contributed by atoms with E-state index in [-0.39, 0.29) is 24.1 Å². The van der Waals surface area contributed by atoms with E-state index >= 15 is 0 Å². The van der Waals surface area contributed by atoms with Gasteiger partial charge in [-0.25, -0.2) is 4.79 Å². The third-order valence-electron chi connectivity index (χ3n) is 3.13. The Bertz CT molecular complexity index is 519. The first-order valence-corrected chi connectivity index (χ1v) is 7.28. The van der Waals surface area contributed by atoms with E-state index in [9.17, 15) is 9.59 Å². The number of nitrogens with one attached hydrogen (secondary N) is 1. The molecular formula is C14H17BrN2O3. The van der Waals surface area contributed by atoms with Crippen molar-refractivity contribution in [2.24, 2.45) is 0 Å². The summed E-state index contributed by atoms with van der Waals surface area (Å²) in [6.45, 7) is 4.69. The van der Waals surface area contributed by atoms with Crippen molar-refractivity contribution >= 4 is 27.9 Å². The molecule has 1 aliphatic rings. The quantitative estimate of drug-likeness (QED) is 0.915. The van der Waals surface area contributed by atoms with Crippen LogP contribution < -0.4 is 5.32 Å². The summed E-state index contributed by atoms with van der Waals surface area (Å²) in [5, 5.41) is 2.79. The molecule has 1 unspecified atom stereocenters. The summed E-state index contributed by atoms with van der Waals surface area (Å²) in [6.07, 6.45) is -0.614. The monoisotopic (exact) mass is 340 g/mol. The molecular weight excluding hydrogens is 324 g/mol. The number of hydrogen-bond acceptors (Lipinski definition) is 3. The number of hydrogen-bond donors (Lipinski definition) is 1. The van der Waals surface area contributed by atoms with Gasteiger partial charge in [-0.05, 0) is 41.9 Å². The van der Waals surface area contributed by atoms with Crippen LogP contribution >= 0.6 is 15.9 Å². The third-order valence-corrected chi connectivity index (χ3v) is 3.83. The number of carbonyl (C=O) groups is 2. The highest BCUT2D eigenvalue weighted by Gasteiger charge is 2.32. The summed E-state index contributed by atoms with van der Waals surface area (Å²) >= 11 is 3.33. The fourth-order valence-electron chi connectivity index (χ4n) is 2.02. The lowest BCUT2D eigenvalue weighted by Gasteiger charge is -2.16. The number of nitrogens with zero attached hydrogens (tertiary/aromatic N) is 1. The smallest absolute Gasteiger partial charge is 0.410 e. The standard InChI is InChI=1S/C14H17BrN2O3/c1-9(2)17-8-10(20-14(17)19)7-16-13(18)11-5-3-4-6-12(11)15/h3-6,9-10H,7-8H2,1-2H3,(H,16,18). The van der Waals surface area contributed by atoms with E-state index in [0.717, 1.165) is 4.47 Å². The molecule has 1 aromatic carbocycles. The van der Waals surface area contributed by atoms with Crippen LogP contribution in [0.2, 0.25) is 0 Å². The van der Waals surface area contributed by atoms with Gasteiger partial charge in [-0.3, -0.25) is 4.79 Å². The summed E-state index contributed by atoms with van der Waals surface area (Å²) in [6, 6.07) is 7.30. The van der Waals surface area contributed by atoms with Crippen LogP contribution in [-0.4, -0.2) is 42.1 Å². The van der Waals surface area contributed by atoms with Crippen molar-refractivity contribution < 1.29 is 14.3 Å². The van der Waals surface area contributed by atoms with E-state index in [4.69, 9.17) is 4.74 Å². The molecule has 1 aliphatic heterocycles. The first kappa shape index (κ1) is 14.8. The number of carbonyl (C=O) groups excluding carboxylic acids is 2. The molecule has 0 saturated carbocycles. The number of halogens is 1. The largest absolute Gasteiger partial charge is 0.442 e. The first-order valence-electron chi connectivity index (χ1n) is 6.49. The molecule has 108 valence electrons. The van der Waals surface area contributed by atoms with Gasteiger partial charge in [-0.1, -0.05) is 12.1 Å². The van der Waals surface area contributed by atoms with Crippen molar-refractivity contribution in [3.63, 3.8) is 0 Å². The number of rotatable bonds is 4. The molecule has 1 heterocycles. The van der Waals surface area contributed by atoms with Crippen LogP contribution in [0.5, 0.6) is 0 Å². The minimum atomic E-state index is -0.319. The van der Waals surface area contributed by atoms with Crippen molar-refractivity contribution in [3.8, 4) is 0 Å². The Labute approximate surface area is 126 Å². The molecule has 5 nitrogen and oxygen atoms in total. The number of benzene rings is 1. The molecule has 1 atom stereocenters. The molecule has 1 N–H and O–H groups in total. The second kappa shape index (κ2) is 6.26. The molecule has 0 spiro atoms. The van der Waals surface area contributed by atoms with E-state index in [1.54, 1.807) is 17.0 Å². The molecule has 6 heteroatoms. The zero-order valence-electron chi connectivity index (χ0n) is 11.4. The van der Waals surface area contributed by atoms with Crippen molar-refractivity contribution in [2.75, 3.05) is 13.1 Å². The van der Waals surface area contributed by atoms with Crippen LogP contribution in [0, 0.1) is 0 Å². The Kier molecular flexibility index (Phi) is 4.65. The predicted octanol–water partition coefficient (Wildman–Crippen LogP) is 2.41. The van der Waals surface area contributed by atoms with E-state index < -0.39 is 0 Å². The normalized spacial score (nSPS) is 18.3. The molecule has 0 aliphatic carbocycles. The third kappa shape index (κ3) is 3.30. The zero-order valence-corrected chi connectivity index (χ0v) is 13.0. The van der Waals surface area contributed by atoms with Gasteiger partial charge in [-0.2, -0.15) is 0 Å². The number of cyclic esters (lactones) is 1. The Morgan fingerprint density at radius 1 is 1.50 bits per heavy atom. The van der Waals surface area contributed by atoms with Crippen LogP contribution in [0.25, 0.3) is 0 Å². The molecule has 2 amide bonds. The molecule has 2 rings (SSSR count). The average Bonchev–Trinajstić information content (AvgIpc) is 2.78. The van der Waals surface area contributed by atoms with Crippen molar-refractivity contribution in [3.05, 3.63) is 34.3 Å². The Hall–Kier alpha value is -1.56. The fraction of sp³-hybridized carbons (Fsp3) is 0.429. The van der Waals surface area contributed by atoms with Crippen LogP contribution in [0.15, 0.2) is 28.7 Å². The van der Waals surface area contributed by atoms with Crippen LogP contribution in [0.1, 0.15) is 24.2 Å². The van der Waals surface area contributed by atoms with E-state index in [0.29, 0.717) is 18.7 Å². The highest BCUT2D eigenvalue weighted by molar-refractivity contribution is 9.10. The summed E-state index contributed by atoms with van der Waals surface area (Å²) in [4.78, 5) is 25.3. The summed E-state index contributed by atoms with van der Waals surface area (Å²) in [5.41, 5.74) is 0.567. The van der Waals surface area contributed by atoms with Crippen molar-refractivity contribution in [2.45, 2.75) is 26.0 Å². The van der Waals surface area contributed by atoms with Gasteiger partial charge >= 0.3 is 6.09 Å². The number of amides is 2. The summed E-state index contributed by atoms with van der Waals surface area (Å²) in [5.74, 6) is -0.184. The van der Waals surface area contributed by atoms with Gasteiger partial charge in [0.1, 0.15) is 6.10 Å². The van der Waals surface area contributed by atoms with Crippen LogP contribution in [-0.2, 0) is 4.74 Å². The lowest BCUT2D eigenvalue weighted by atomic mass is 10.2. The lowest BCUT2D eigenvalue weighted by Crippen LogP contribution is -2.36. The van der Waals surface area contributed by atoms with Crippen LogP contribution in [0.3, 0.4) is 0 Å². The number of ether oxygens (including phenoxy) is 1. The van der Waals surface area contributed by atoms with E-state index in [2.05, 4.69) is 21.2 Å². The van der Waals surface area contributed by atoms with Gasteiger partial charge in [0.05, 0.1) is 18.7 Å². The predicted molar refractivity (Wildman–Crippen MR) is 78.6 cm³/mol. The highest BCUT2D eigenvalue weighted by atomic mass is 79.9. The van der Waals surface area contributed by atoms with Gasteiger partial charge in [0.15, 0.2) is 0 Å². The highest BCUT2D eigenvalue weighted by Crippen LogP contribution is 2.16. The van der Waals surface area contributed by atoms with Crippen molar-refractivity contribution in [1.82, 2.24) is 10.2 Å². The van der Waals surface area contributed by atoms with Gasteiger partial charge < -0.3 is 15.0 Å². The molecule has 1 fully saturated rings. The Morgan fingerprint density at radius 3 is 2.80 bits per heavy atom. The topological polar surface area (TPSA) is 58.6 Å². The zero-order chi connectivity index (χ0) is 14.7. The maximum absolute atomic E-state index is 12.0. The maximum atomic E-state index is 12.0. The van der Waals surface area contributed by atoms with Gasteiger partial charge in [0.2, 0.25) is 0 Å². The SMILES string of the molecule is CC(C)N1CC(CNC(=O)c2ccccc2Br)OC1=O. The molecule has 0 radical (unpaired) electrons. The van der Waals surface area contributed by atoms with Gasteiger partial charge in [0, 0.05) is 10.5 Å². The first-order chi connectivity index (χ1) is 9.49. The van der Waals surface area contributed by atoms with E-state index in [1.165, 1.54) is 0 Å². The Balaban J connectivity index is 1.89. The minimum Gasteiger partial charge on any atom is -0.442 e. The average molecular weight is 341 g/mol. The van der Waals surface area contributed by atoms with Gasteiger partial charge in [-0.15, -0.1) is 0 Å². The molecule has 0 aromatic heterocycles. The molecule has 20 heavy (non-hydrogen) atoms. The second-order valence-corrected chi connectivity index (χ2v) is 5.80. The molecule has 1 aromatic rings. The summed E-state index contributed by atoms with van der Waals surface area (Å²) < 4.78 is 5.95. The minimum absolute atomic E-state index is 0.103. The molecule has 0 bridgehead atoms. The lowest BCUT2D eigenvalue weighted by molar-refractivity contribution is 0.0913. The fourth-order valence-corrected chi connectivity index (χ4v) is 2.48. The van der Waals surface area contributed by atoms with Gasteiger partial charge in [0.25, 0.3) is 5.91 Å². The Morgan fingerprint density at radius 2 is 2.20 bits per heavy atom. The molecule has 1 saturated heterocycles. The summed E-state index contributed by atoms with van der Waals surface area (Å²) in [7, 11) is 0. The second-order valence-electron chi connectivity index (χ2n) is 4.94. The van der Waals surface area contributed by atoms with Crippen LogP contribution in [0.4, 0.5) is 4.79 Å². The van der Waals surface area contributed by atoms with Crippen molar-refractivity contribution in [1.29, 1.82) is 0 Å². The van der Waals surface area contributed by atoms with E-state index in [1.807, 2.05) is 26.0 Å². The maximum Gasteiger partial charge on any atom is 0.410 e.